The van der Waals surface area contributed by atoms with Crippen LogP contribution < -0.4 is 9.47 Å². The normalized spacial score (nSPS) is 11.0. The van der Waals surface area contributed by atoms with E-state index in [1.807, 2.05) is 18.2 Å². The van der Waals surface area contributed by atoms with Gasteiger partial charge in [0, 0.05) is 0 Å². The number of hydrogen-bond acceptors (Lipinski definition) is 5. The second-order valence-electron chi connectivity index (χ2n) is 5.48. The molecule has 0 amide bonds. The molecule has 2 aromatic carbocycles. The zero-order chi connectivity index (χ0) is 18.9. The van der Waals surface area contributed by atoms with E-state index in [0.717, 1.165) is 5.56 Å². The van der Waals surface area contributed by atoms with Gasteiger partial charge in [-0.2, -0.15) is 0 Å². The smallest absolute Gasteiger partial charge is 0.163 e. The molecule has 0 fully saturated rings. The van der Waals surface area contributed by atoms with Crippen molar-refractivity contribution >= 4 is 23.7 Å². The van der Waals surface area contributed by atoms with Crippen LogP contribution in [-0.4, -0.2) is 30.9 Å². The summed E-state index contributed by atoms with van der Waals surface area (Å²) < 4.78 is 10.1. The molecule has 0 saturated heterocycles. The molecule has 0 unspecified atom stereocenters. The summed E-state index contributed by atoms with van der Waals surface area (Å²) in [5.41, 5.74) is 1.45. The van der Waals surface area contributed by atoms with Crippen LogP contribution in [0.3, 0.4) is 0 Å². The lowest BCUT2D eigenvalue weighted by Crippen LogP contribution is -2.01. The van der Waals surface area contributed by atoms with Gasteiger partial charge in [0.1, 0.15) is 5.75 Å². The number of methoxy groups -OCH3 is 2. The monoisotopic (exact) mass is 352 g/mol. The fourth-order valence-electron chi connectivity index (χ4n) is 2.22. The van der Waals surface area contributed by atoms with Crippen molar-refractivity contribution in [3.05, 3.63) is 65.7 Å². The quantitative estimate of drug-likeness (QED) is 0.580. The number of ketones is 2. The Labute approximate surface area is 152 Å². The van der Waals surface area contributed by atoms with Crippen molar-refractivity contribution in [3.8, 4) is 17.2 Å². The summed E-state index contributed by atoms with van der Waals surface area (Å²) in [6.07, 6.45) is 5.65. The van der Waals surface area contributed by atoms with Crippen LogP contribution in [-0.2, 0) is 9.59 Å². The third kappa shape index (κ3) is 5.63. The summed E-state index contributed by atoms with van der Waals surface area (Å²) in [6.45, 7) is 0. The molecule has 0 aliphatic rings. The Bertz CT molecular complexity index is 849. The van der Waals surface area contributed by atoms with Gasteiger partial charge in [-0.15, -0.1) is 0 Å². The minimum Gasteiger partial charge on any atom is -0.504 e. The molecule has 0 atom stereocenters. The number of phenolic OH excluding ortho intramolecular Hbond substituents is 1. The number of ether oxygens (including phenoxy) is 2. The van der Waals surface area contributed by atoms with Crippen molar-refractivity contribution in [2.45, 2.75) is 6.42 Å². The van der Waals surface area contributed by atoms with E-state index in [4.69, 9.17) is 9.47 Å². The highest BCUT2D eigenvalue weighted by Crippen LogP contribution is 2.26. The molecular weight excluding hydrogens is 332 g/mol. The highest BCUT2D eigenvalue weighted by molar-refractivity contribution is 6.10. The van der Waals surface area contributed by atoms with Gasteiger partial charge in [-0.1, -0.05) is 30.4 Å². The topological polar surface area (TPSA) is 72.8 Å². The molecule has 0 saturated carbocycles. The van der Waals surface area contributed by atoms with Gasteiger partial charge in [-0.3, -0.25) is 9.59 Å². The third-order valence-electron chi connectivity index (χ3n) is 3.57. The fraction of sp³-hybridized carbons (Fsp3) is 0.143. The number of rotatable bonds is 8. The average molecular weight is 352 g/mol. The van der Waals surface area contributed by atoms with Gasteiger partial charge in [0.15, 0.2) is 23.1 Å². The van der Waals surface area contributed by atoms with Crippen LogP contribution in [0.1, 0.15) is 17.5 Å². The lowest BCUT2D eigenvalue weighted by molar-refractivity contribution is -0.121. The van der Waals surface area contributed by atoms with E-state index >= 15 is 0 Å². The standard InChI is InChI=1S/C21H20O5/c1-25-19-5-3-4-15(12-19)6-9-17(22)14-18(23)10-7-16-8-11-21(26-2)20(24)13-16/h3-13,24H,14H2,1-2H3/b9-6+,10-7+. The first-order valence-electron chi connectivity index (χ1n) is 7.94. The summed E-state index contributed by atoms with van der Waals surface area (Å²) in [4.78, 5) is 23.8. The van der Waals surface area contributed by atoms with Crippen LogP contribution in [0.25, 0.3) is 12.2 Å². The third-order valence-corrected chi connectivity index (χ3v) is 3.57. The van der Waals surface area contributed by atoms with Gasteiger partial charge in [-0.25, -0.2) is 0 Å². The number of phenols is 1. The molecule has 0 aliphatic heterocycles. The van der Waals surface area contributed by atoms with Crippen molar-refractivity contribution in [2.75, 3.05) is 14.2 Å². The highest BCUT2D eigenvalue weighted by atomic mass is 16.5. The number of allylic oxidation sites excluding steroid dienone is 2. The summed E-state index contributed by atoms with van der Waals surface area (Å²) in [7, 11) is 3.03. The zero-order valence-electron chi connectivity index (χ0n) is 14.6. The molecule has 0 radical (unpaired) electrons. The Morgan fingerprint density at radius 1 is 0.923 bits per heavy atom. The van der Waals surface area contributed by atoms with Crippen molar-refractivity contribution in [1.29, 1.82) is 0 Å². The SMILES string of the molecule is COc1cccc(/C=C/C(=O)CC(=O)/C=C/c2ccc(OC)c(O)c2)c1. The fourth-order valence-corrected chi connectivity index (χ4v) is 2.22. The molecule has 26 heavy (non-hydrogen) atoms. The number of carbonyl (C=O) groups is 2. The van der Waals surface area contributed by atoms with Crippen molar-refractivity contribution < 1.29 is 24.2 Å². The van der Waals surface area contributed by atoms with Gasteiger partial charge >= 0.3 is 0 Å². The van der Waals surface area contributed by atoms with Gasteiger partial charge in [-0.05, 0) is 47.5 Å². The first kappa shape index (κ1) is 19.0. The summed E-state index contributed by atoms with van der Waals surface area (Å²) in [6, 6.07) is 12.0. The molecule has 134 valence electrons. The summed E-state index contributed by atoms with van der Waals surface area (Å²) >= 11 is 0. The molecule has 5 nitrogen and oxygen atoms in total. The maximum Gasteiger partial charge on any atom is 0.163 e. The molecule has 2 rings (SSSR count). The Morgan fingerprint density at radius 2 is 1.58 bits per heavy atom. The molecule has 1 N–H and O–H groups in total. The molecule has 0 bridgehead atoms. The second kappa shape index (κ2) is 9.22. The maximum absolute atomic E-state index is 11.9. The van der Waals surface area contributed by atoms with Gasteiger partial charge < -0.3 is 14.6 Å². The van der Waals surface area contributed by atoms with Gasteiger partial charge in [0.2, 0.25) is 0 Å². The first-order valence-corrected chi connectivity index (χ1v) is 7.94. The van der Waals surface area contributed by atoms with Crippen LogP contribution in [0, 0.1) is 0 Å². The number of aromatic hydroxyl groups is 1. The molecule has 0 aromatic heterocycles. The van der Waals surface area contributed by atoms with Crippen LogP contribution in [0.4, 0.5) is 0 Å². The Hall–Kier alpha value is -3.34. The molecule has 5 heteroatoms. The van der Waals surface area contributed by atoms with Crippen LogP contribution in [0.15, 0.2) is 54.6 Å². The van der Waals surface area contributed by atoms with Gasteiger partial charge in [0.05, 0.1) is 20.6 Å². The van der Waals surface area contributed by atoms with E-state index in [0.29, 0.717) is 17.1 Å². The van der Waals surface area contributed by atoms with E-state index in [1.165, 1.54) is 25.3 Å². The van der Waals surface area contributed by atoms with Crippen molar-refractivity contribution in [2.24, 2.45) is 0 Å². The van der Waals surface area contributed by atoms with Crippen molar-refractivity contribution in [3.63, 3.8) is 0 Å². The predicted molar refractivity (Wildman–Crippen MR) is 100 cm³/mol. The Balaban J connectivity index is 1.93. The number of carbonyl (C=O) groups excluding carboxylic acids is 2. The molecule has 0 spiro atoms. The van der Waals surface area contributed by atoms with E-state index in [1.54, 1.807) is 37.5 Å². The maximum atomic E-state index is 11.9. The van der Waals surface area contributed by atoms with Crippen LogP contribution in [0.2, 0.25) is 0 Å². The van der Waals surface area contributed by atoms with E-state index in [2.05, 4.69) is 0 Å². The van der Waals surface area contributed by atoms with Crippen LogP contribution in [0.5, 0.6) is 17.2 Å². The zero-order valence-corrected chi connectivity index (χ0v) is 14.6. The van der Waals surface area contributed by atoms with E-state index < -0.39 is 0 Å². The molecule has 0 aliphatic carbocycles. The summed E-state index contributed by atoms with van der Waals surface area (Å²) in [5, 5.41) is 9.70. The first-order chi connectivity index (χ1) is 12.5. The minimum absolute atomic E-state index is 0.0144. The Morgan fingerprint density at radius 3 is 2.15 bits per heavy atom. The van der Waals surface area contributed by atoms with E-state index in [9.17, 15) is 14.7 Å². The number of benzene rings is 2. The number of hydrogen-bond donors (Lipinski definition) is 1. The average Bonchev–Trinajstić information content (AvgIpc) is 2.65. The highest BCUT2D eigenvalue weighted by Gasteiger charge is 2.05. The summed E-state index contributed by atoms with van der Waals surface area (Å²) in [5.74, 6) is 0.424. The lowest BCUT2D eigenvalue weighted by Gasteiger charge is -2.03. The minimum atomic E-state index is -0.319. The molecule has 0 heterocycles. The van der Waals surface area contributed by atoms with Crippen molar-refractivity contribution in [1.82, 2.24) is 0 Å². The second-order valence-corrected chi connectivity index (χ2v) is 5.48. The van der Waals surface area contributed by atoms with E-state index in [-0.39, 0.29) is 23.7 Å². The molecule has 2 aromatic rings. The Kier molecular flexibility index (Phi) is 6.74. The largest absolute Gasteiger partial charge is 0.504 e. The lowest BCUT2D eigenvalue weighted by atomic mass is 10.1. The predicted octanol–water partition coefficient (Wildman–Crippen LogP) is 3.66. The van der Waals surface area contributed by atoms with Gasteiger partial charge in [0.25, 0.3) is 0 Å². The van der Waals surface area contributed by atoms with Crippen LogP contribution >= 0.6 is 0 Å². The molecular formula is C21H20O5.